The topological polar surface area (TPSA) is 75.7 Å². The molecule has 1 atom stereocenters. The summed E-state index contributed by atoms with van der Waals surface area (Å²) in [6.07, 6.45) is 1.48. The van der Waals surface area contributed by atoms with Crippen LogP contribution in [0.1, 0.15) is 24.5 Å². The number of hydrogen-bond acceptors (Lipinski definition) is 4. The Kier molecular flexibility index (Phi) is 6.85. The Bertz CT molecular complexity index is 879. The molecular formula is C20H26N2O4S. The number of aryl methyl sites for hydroxylation is 1. The quantitative estimate of drug-likeness (QED) is 0.752. The molecule has 7 heteroatoms. The van der Waals surface area contributed by atoms with E-state index in [9.17, 15) is 13.2 Å². The van der Waals surface area contributed by atoms with Crippen LogP contribution < -0.4 is 14.4 Å². The minimum Gasteiger partial charge on any atom is -0.497 e. The Labute approximate surface area is 161 Å². The summed E-state index contributed by atoms with van der Waals surface area (Å²) in [5, 5.41) is 2.84. The van der Waals surface area contributed by atoms with Gasteiger partial charge in [0.2, 0.25) is 15.9 Å². The maximum atomic E-state index is 12.8. The zero-order valence-electron chi connectivity index (χ0n) is 16.1. The Morgan fingerprint density at radius 2 is 1.85 bits per heavy atom. The van der Waals surface area contributed by atoms with Gasteiger partial charge in [0.1, 0.15) is 11.8 Å². The molecule has 0 aliphatic heterocycles. The van der Waals surface area contributed by atoms with Gasteiger partial charge in [-0.2, -0.15) is 0 Å². The summed E-state index contributed by atoms with van der Waals surface area (Å²) in [5.74, 6) is 0.402. The molecule has 0 saturated heterocycles. The molecule has 0 aromatic heterocycles. The average molecular weight is 391 g/mol. The second kappa shape index (κ2) is 8.90. The maximum absolute atomic E-state index is 12.8. The molecule has 0 aliphatic carbocycles. The maximum Gasteiger partial charge on any atom is 0.244 e. The van der Waals surface area contributed by atoms with Crippen molar-refractivity contribution in [2.24, 2.45) is 0 Å². The minimum atomic E-state index is -3.63. The van der Waals surface area contributed by atoms with Crippen LogP contribution in [0.2, 0.25) is 0 Å². The summed E-state index contributed by atoms with van der Waals surface area (Å²) < 4.78 is 31.2. The van der Waals surface area contributed by atoms with Crippen molar-refractivity contribution < 1.29 is 17.9 Å². The molecule has 2 aromatic rings. The smallest absolute Gasteiger partial charge is 0.244 e. The molecule has 2 aromatic carbocycles. The van der Waals surface area contributed by atoms with Crippen molar-refractivity contribution in [1.82, 2.24) is 5.32 Å². The molecule has 0 unspecified atom stereocenters. The van der Waals surface area contributed by atoms with Crippen LogP contribution in [-0.2, 0) is 21.4 Å². The molecular weight excluding hydrogens is 364 g/mol. The van der Waals surface area contributed by atoms with Gasteiger partial charge in [-0.1, -0.05) is 31.2 Å². The zero-order valence-corrected chi connectivity index (χ0v) is 16.9. The van der Waals surface area contributed by atoms with E-state index in [1.54, 1.807) is 32.2 Å². The minimum absolute atomic E-state index is 0.310. The van der Waals surface area contributed by atoms with Crippen molar-refractivity contribution in [1.29, 1.82) is 0 Å². The largest absolute Gasteiger partial charge is 0.497 e. The van der Waals surface area contributed by atoms with Crippen LogP contribution in [0.3, 0.4) is 0 Å². The van der Waals surface area contributed by atoms with Crippen molar-refractivity contribution in [3.8, 4) is 5.75 Å². The summed E-state index contributed by atoms with van der Waals surface area (Å²) in [4.78, 5) is 12.8. The number of methoxy groups -OCH3 is 1. The molecule has 27 heavy (non-hydrogen) atoms. The first-order valence-corrected chi connectivity index (χ1v) is 10.6. The van der Waals surface area contributed by atoms with Crippen LogP contribution in [0.5, 0.6) is 5.75 Å². The summed E-state index contributed by atoms with van der Waals surface area (Å²) in [6.45, 7) is 3.99. The van der Waals surface area contributed by atoms with Crippen LogP contribution >= 0.6 is 0 Å². The Morgan fingerprint density at radius 3 is 2.37 bits per heavy atom. The van der Waals surface area contributed by atoms with Crippen LogP contribution in [0.4, 0.5) is 5.69 Å². The van der Waals surface area contributed by atoms with Gasteiger partial charge in [-0.3, -0.25) is 9.10 Å². The number of carbonyl (C=O) groups is 1. The zero-order chi connectivity index (χ0) is 20.0. The lowest BCUT2D eigenvalue weighted by Crippen LogP contribution is -2.49. The Balaban J connectivity index is 2.21. The summed E-state index contributed by atoms with van der Waals surface area (Å²) in [5.41, 5.74) is 2.32. The van der Waals surface area contributed by atoms with Crippen molar-refractivity contribution in [3.63, 3.8) is 0 Å². The summed E-state index contributed by atoms with van der Waals surface area (Å²) in [7, 11) is -2.04. The lowest BCUT2D eigenvalue weighted by Gasteiger charge is -2.30. The molecule has 0 fully saturated rings. The van der Waals surface area contributed by atoms with Crippen LogP contribution in [0, 0.1) is 6.92 Å². The summed E-state index contributed by atoms with van der Waals surface area (Å²) >= 11 is 0. The molecule has 1 amide bonds. The fourth-order valence-electron chi connectivity index (χ4n) is 2.88. The van der Waals surface area contributed by atoms with E-state index in [0.29, 0.717) is 18.7 Å². The molecule has 2 rings (SSSR count). The predicted octanol–water partition coefficient (Wildman–Crippen LogP) is 2.86. The molecule has 0 spiro atoms. The van der Waals surface area contributed by atoms with Gasteiger partial charge >= 0.3 is 0 Å². The van der Waals surface area contributed by atoms with Crippen molar-refractivity contribution in [3.05, 3.63) is 59.7 Å². The number of hydrogen-bond donors (Lipinski definition) is 1. The highest BCUT2D eigenvalue weighted by atomic mass is 32.2. The van der Waals surface area contributed by atoms with Gasteiger partial charge in [0.15, 0.2) is 0 Å². The normalized spacial score (nSPS) is 12.3. The molecule has 0 saturated carbocycles. The average Bonchev–Trinajstić information content (AvgIpc) is 2.63. The number of ether oxygens (including phenoxy) is 1. The molecule has 0 bridgehead atoms. The molecule has 0 radical (unpaired) electrons. The molecule has 1 N–H and O–H groups in total. The third-order valence-electron chi connectivity index (χ3n) is 4.21. The van der Waals surface area contributed by atoms with E-state index in [4.69, 9.17) is 4.74 Å². The van der Waals surface area contributed by atoms with Gasteiger partial charge in [-0.15, -0.1) is 0 Å². The summed E-state index contributed by atoms with van der Waals surface area (Å²) in [6, 6.07) is 13.7. The number of sulfonamides is 1. The second-order valence-corrected chi connectivity index (χ2v) is 8.25. The highest BCUT2D eigenvalue weighted by molar-refractivity contribution is 7.92. The number of anilines is 1. The van der Waals surface area contributed by atoms with Gasteiger partial charge < -0.3 is 10.1 Å². The number of benzene rings is 2. The lowest BCUT2D eigenvalue weighted by atomic mass is 10.1. The van der Waals surface area contributed by atoms with E-state index in [1.807, 2.05) is 37.3 Å². The number of rotatable bonds is 8. The van der Waals surface area contributed by atoms with Gasteiger partial charge in [-0.05, 0) is 48.7 Å². The number of carbonyl (C=O) groups excluding carboxylic acids is 1. The van der Waals surface area contributed by atoms with Crippen LogP contribution in [0.15, 0.2) is 48.5 Å². The first kappa shape index (κ1) is 20.8. The van der Waals surface area contributed by atoms with Gasteiger partial charge in [0.25, 0.3) is 0 Å². The monoisotopic (exact) mass is 390 g/mol. The highest BCUT2D eigenvalue weighted by Gasteiger charge is 2.31. The number of nitrogens with zero attached hydrogens (tertiary/aromatic N) is 1. The third-order valence-corrected chi connectivity index (χ3v) is 5.39. The third kappa shape index (κ3) is 5.47. The van der Waals surface area contributed by atoms with Crippen molar-refractivity contribution in [2.45, 2.75) is 32.9 Å². The highest BCUT2D eigenvalue weighted by Crippen LogP contribution is 2.23. The van der Waals surface area contributed by atoms with Crippen LogP contribution in [0.25, 0.3) is 0 Å². The van der Waals surface area contributed by atoms with Crippen LogP contribution in [-0.4, -0.2) is 33.7 Å². The SMILES string of the molecule is CC[C@H](C(=O)NCc1ccc(OC)cc1)N(c1cccc(C)c1)S(C)(=O)=O. The van der Waals surface area contributed by atoms with Gasteiger partial charge in [0, 0.05) is 6.54 Å². The van der Waals surface area contributed by atoms with Crippen molar-refractivity contribution >= 4 is 21.6 Å². The lowest BCUT2D eigenvalue weighted by molar-refractivity contribution is -0.122. The fraction of sp³-hybridized carbons (Fsp3) is 0.350. The standard InChI is InChI=1S/C20H26N2O4S/c1-5-19(20(23)21-14-16-9-11-18(26-3)12-10-16)22(27(4,24)25)17-8-6-7-15(2)13-17/h6-13,19H,5,14H2,1-4H3,(H,21,23)/t19-/m1/s1. The van der Waals surface area contributed by atoms with E-state index in [1.165, 1.54) is 4.31 Å². The van der Waals surface area contributed by atoms with E-state index < -0.39 is 16.1 Å². The van der Waals surface area contributed by atoms with E-state index >= 15 is 0 Å². The van der Waals surface area contributed by atoms with E-state index in [-0.39, 0.29) is 5.91 Å². The second-order valence-electron chi connectivity index (χ2n) is 6.39. The number of nitrogens with one attached hydrogen (secondary N) is 1. The number of amides is 1. The van der Waals surface area contributed by atoms with E-state index in [0.717, 1.165) is 23.1 Å². The molecule has 6 nitrogen and oxygen atoms in total. The van der Waals surface area contributed by atoms with E-state index in [2.05, 4.69) is 5.32 Å². The molecule has 146 valence electrons. The Morgan fingerprint density at radius 1 is 1.19 bits per heavy atom. The molecule has 0 aliphatic rings. The predicted molar refractivity (Wildman–Crippen MR) is 107 cm³/mol. The van der Waals surface area contributed by atoms with Gasteiger partial charge in [-0.25, -0.2) is 8.42 Å². The van der Waals surface area contributed by atoms with Crippen molar-refractivity contribution in [2.75, 3.05) is 17.7 Å². The van der Waals surface area contributed by atoms with Gasteiger partial charge in [0.05, 0.1) is 19.1 Å². The fourth-order valence-corrected chi connectivity index (χ4v) is 4.08. The first-order valence-electron chi connectivity index (χ1n) is 8.73. The molecule has 0 heterocycles. The first-order chi connectivity index (χ1) is 12.8. The Hall–Kier alpha value is -2.54.